The molecule has 0 radical (unpaired) electrons. The fourth-order valence-electron chi connectivity index (χ4n) is 5.65. The van der Waals surface area contributed by atoms with Gasteiger partial charge in [-0.05, 0) is 42.5 Å². The van der Waals surface area contributed by atoms with Crippen molar-refractivity contribution in [2.45, 2.75) is 38.5 Å². The second kappa shape index (κ2) is 8.35. The number of carbonyl (C=O) groups is 1. The maximum atomic E-state index is 13.1. The summed E-state index contributed by atoms with van der Waals surface area (Å²) in [4.78, 5) is 28.8. The van der Waals surface area contributed by atoms with Crippen LogP contribution in [0, 0.1) is 5.41 Å². The fourth-order valence-corrected chi connectivity index (χ4v) is 5.65. The van der Waals surface area contributed by atoms with Crippen molar-refractivity contribution < 1.29 is 4.79 Å². The average Bonchev–Trinajstić information content (AvgIpc) is 3.28. The van der Waals surface area contributed by atoms with Gasteiger partial charge in [0.1, 0.15) is 5.82 Å². The van der Waals surface area contributed by atoms with E-state index in [1.54, 1.807) is 12.5 Å². The van der Waals surface area contributed by atoms with E-state index in [2.05, 4.69) is 38.1 Å². The van der Waals surface area contributed by atoms with Crippen molar-refractivity contribution in [2.24, 2.45) is 12.5 Å². The van der Waals surface area contributed by atoms with Crippen LogP contribution in [-0.4, -0.2) is 38.4 Å². The molecule has 0 bridgehead atoms. The van der Waals surface area contributed by atoms with Gasteiger partial charge in [-0.3, -0.25) is 9.78 Å². The van der Waals surface area contributed by atoms with E-state index in [-0.39, 0.29) is 12.2 Å². The van der Waals surface area contributed by atoms with Gasteiger partial charge in [0.15, 0.2) is 5.78 Å². The Morgan fingerprint density at radius 3 is 2.62 bits per heavy atom. The van der Waals surface area contributed by atoms with Crippen molar-refractivity contribution in [3.8, 4) is 11.3 Å². The summed E-state index contributed by atoms with van der Waals surface area (Å²) in [5.41, 5.74) is 4.13. The van der Waals surface area contributed by atoms with Crippen LogP contribution in [-0.2, 0) is 13.5 Å². The third-order valence-corrected chi connectivity index (χ3v) is 7.59. The lowest BCUT2D eigenvalue weighted by molar-refractivity contribution is 0.0991. The molecule has 2 fully saturated rings. The van der Waals surface area contributed by atoms with Crippen LogP contribution in [0.4, 0.5) is 5.82 Å². The molecule has 4 aromatic rings. The minimum Gasteiger partial charge on any atom is -0.355 e. The molecule has 1 aliphatic carbocycles. The van der Waals surface area contributed by atoms with Crippen LogP contribution in [0.3, 0.4) is 0 Å². The Labute approximate surface area is 199 Å². The van der Waals surface area contributed by atoms with E-state index in [1.165, 1.54) is 32.1 Å². The summed E-state index contributed by atoms with van der Waals surface area (Å²) in [7, 11) is 1.99. The van der Waals surface area contributed by atoms with Gasteiger partial charge in [0.25, 0.3) is 0 Å². The highest BCUT2D eigenvalue weighted by molar-refractivity contribution is 5.98. The van der Waals surface area contributed by atoms with Crippen molar-refractivity contribution in [3.05, 3.63) is 72.6 Å². The highest BCUT2D eigenvalue weighted by Crippen LogP contribution is 2.45. The topological polar surface area (TPSA) is 63.9 Å². The monoisotopic (exact) mass is 451 g/mol. The summed E-state index contributed by atoms with van der Waals surface area (Å²) in [5, 5.41) is 2.13. The summed E-state index contributed by atoms with van der Waals surface area (Å²) in [6.07, 6.45) is 14.3. The third-order valence-electron chi connectivity index (χ3n) is 7.59. The molecule has 0 N–H and O–H groups in total. The van der Waals surface area contributed by atoms with Gasteiger partial charge in [-0.25, -0.2) is 9.97 Å². The van der Waals surface area contributed by atoms with Crippen LogP contribution in [0.2, 0.25) is 0 Å². The second-order valence-electron chi connectivity index (χ2n) is 10.0. The van der Waals surface area contributed by atoms with Gasteiger partial charge in [0.2, 0.25) is 0 Å². The molecular formula is C28H29N5O. The molecule has 0 unspecified atom stereocenters. The summed E-state index contributed by atoms with van der Waals surface area (Å²) in [6, 6.07) is 12.1. The van der Waals surface area contributed by atoms with Gasteiger partial charge in [-0.1, -0.05) is 31.4 Å². The zero-order chi connectivity index (χ0) is 23.1. The van der Waals surface area contributed by atoms with Crippen LogP contribution in [0.5, 0.6) is 0 Å². The number of aromatic nitrogens is 4. The van der Waals surface area contributed by atoms with E-state index in [9.17, 15) is 4.79 Å². The van der Waals surface area contributed by atoms with Crippen molar-refractivity contribution in [3.63, 3.8) is 0 Å². The van der Waals surface area contributed by atoms with Gasteiger partial charge in [0.05, 0.1) is 24.6 Å². The molecule has 0 amide bonds. The first-order valence-corrected chi connectivity index (χ1v) is 12.2. The highest BCUT2D eigenvalue weighted by Gasteiger charge is 2.43. The smallest absolute Gasteiger partial charge is 0.169 e. The van der Waals surface area contributed by atoms with Crippen LogP contribution < -0.4 is 4.90 Å². The van der Waals surface area contributed by atoms with Crippen LogP contribution in [0.15, 0.2) is 61.3 Å². The number of pyridine rings is 2. The molecule has 6 rings (SSSR count). The number of rotatable bonds is 5. The van der Waals surface area contributed by atoms with E-state index in [4.69, 9.17) is 0 Å². The Hall–Kier alpha value is -3.54. The average molecular weight is 452 g/mol. The maximum Gasteiger partial charge on any atom is 0.169 e. The van der Waals surface area contributed by atoms with Crippen LogP contribution in [0.1, 0.15) is 48.2 Å². The van der Waals surface area contributed by atoms with Gasteiger partial charge in [0, 0.05) is 60.2 Å². The molecule has 3 aromatic heterocycles. The number of anilines is 1. The fraction of sp³-hybridized carbons (Fsp3) is 0.357. The van der Waals surface area contributed by atoms with Crippen molar-refractivity contribution in [2.75, 3.05) is 18.0 Å². The summed E-state index contributed by atoms with van der Waals surface area (Å²) < 4.78 is 2.00. The molecule has 4 heterocycles. The van der Waals surface area contributed by atoms with Gasteiger partial charge < -0.3 is 9.47 Å². The van der Waals surface area contributed by atoms with Crippen LogP contribution in [0.25, 0.3) is 22.0 Å². The number of Topliss-reactive ketones (excluding diaryl/α,β-unsaturated/α-hetero) is 1. The molecular weight excluding hydrogens is 422 g/mol. The van der Waals surface area contributed by atoms with Crippen molar-refractivity contribution >= 4 is 22.4 Å². The molecule has 172 valence electrons. The zero-order valence-corrected chi connectivity index (χ0v) is 19.6. The zero-order valence-electron chi connectivity index (χ0n) is 19.6. The van der Waals surface area contributed by atoms with Gasteiger partial charge >= 0.3 is 0 Å². The van der Waals surface area contributed by atoms with E-state index in [1.807, 2.05) is 42.2 Å². The number of carbonyl (C=O) groups excluding carboxylic acids is 1. The third kappa shape index (κ3) is 3.87. The van der Waals surface area contributed by atoms with Crippen LogP contribution >= 0.6 is 0 Å². The molecule has 1 spiro atoms. The number of fused-ring (bicyclic) bond motifs is 1. The van der Waals surface area contributed by atoms with Gasteiger partial charge in [-0.15, -0.1) is 0 Å². The first-order chi connectivity index (χ1) is 16.6. The number of hydrogen-bond acceptors (Lipinski definition) is 5. The second-order valence-corrected chi connectivity index (χ2v) is 10.0. The normalized spacial score (nSPS) is 17.1. The first kappa shape index (κ1) is 21.0. The van der Waals surface area contributed by atoms with Crippen molar-refractivity contribution in [1.82, 2.24) is 19.5 Å². The van der Waals surface area contributed by atoms with E-state index in [0.717, 1.165) is 46.6 Å². The standard InChI is InChI=1S/C28H29N5O/c1-32-19-29-16-25(32)20-5-6-22-15-31-24(12-23(22)11-20)14-26(34)21-7-10-30-27(13-21)33-17-28(18-33)8-3-2-4-9-28/h5-7,10-13,15-16,19H,2-4,8-9,14,17-18H2,1H3. The number of benzene rings is 1. The molecule has 1 saturated heterocycles. The van der Waals surface area contributed by atoms with Crippen molar-refractivity contribution in [1.29, 1.82) is 0 Å². The number of nitrogens with zero attached hydrogens (tertiary/aromatic N) is 5. The number of imidazole rings is 1. The van der Waals surface area contributed by atoms with E-state index >= 15 is 0 Å². The molecule has 1 saturated carbocycles. The molecule has 0 atom stereocenters. The Morgan fingerprint density at radius 1 is 0.971 bits per heavy atom. The highest BCUT2D eigenvalue weighted by atomic mass is 16.1. The quantitative estimate of drug-likeness (QED) is 0.389. The number of ketones is 1. The summed E-state index contributed by atoms with van der Waals surface area (Å²) >= 11 is 0. The molecule has 6 nitrogen and oxygen atoms in total. The number of hydrogen-bond donors (Lipinski definition) is 0. The predicted molar refractivity (Wildman–Crippen MR) is 134 cm³/mol. The molecule has 6 heteroatoms. The lowest BCUT2D eigenvalue weighted by Crippen LogP contribution is -2.57. The molecule has 34 heavy (non-hydrogen) atoms. The Kier molecular flexibility index (Phi) is 5.16. The minimum atomic E-state index is 0.0752. The summed E-state index contributed by atoms with van der Waals surface area (Å²) in [5.74, 6) is 1.00. The lowest BCUT2D eigenvalue weighted by atomic mass is 9.68. The first-order valence-electron chi connectivity index (χ1n) is 12.2. The predicted octanol–water partition coefficient (Wildman–Crippen LogP) is 5.23. The minimum absolute atomic E-state index is 0.0752. The summed E-state index contributed by atoms with van der Waals surface area (Å²) in [6.45, 7) is 2.14. The van der Waals surface area contributed by atoms with Gasteiger partial charge in [-0.2, -0.15) is 0 Å². The molecule has 2 aliphatic rings. The Balaban J connectivity index is 1.19. The van der Waals surface area contributed by atoms with E-state index < -0.39 is 0 Å². The Bertz CT molecular complexity index is 1360. The SMILES string of the molecule is Cn1cncc1-c1ccc2cnc(CC(=O)c3ccnc(N4CC5(CCCCC5)C4)c3)cc2c1. The van der Waals surface area contributed by atoms with E-state index in [0.29, 0.717) is 11.0 Å². The molecule has 1 aliphatic heterocycles. The lowest BCUT2D eigenvalue weighted by Gasteiger charge is -2.53. The maximum absolute atomic E-state index is 13.1. The Morgan fingerprint density at radius 2 is 1.82 bits per heavy atom. The largest absolute Gasteiger partial charge is 0.355 e. The number of aryl methyl sites for hydroxylation is 1. The molecule has 1 aromatic carbocycles.